The van der Waals surface area contributed by atoms with Crippen LogP contribution in [0.3, 0.4) is 0 Å². The van der Waals surface area contributed by atoms with Crippen molar-refractivity contribution in [3.8, 4) is 11.8 Å². The Hall–Kier alpha value is -2.38. The molecular weight excluding hydrogens is 291 g/mol. The van der Waals surface area contributed by atoms with Gasteiger partial charge in [0.1, 0.15) is 5.82 Å². The molecule has 0 aliphatic heterocycles. The first kappa shape index (κ1) is 15.0. The Labute approximate surface area is 127 Å². The lowest BCUT2D eigenvalue weighted by Crippen LogP contribution is -2.22. The number of amides is 1. The van der Waals surface area contributed by atoms with Gasteiger partial charge in [0.25, 0.3) is 5.91 Å². The highest BCUT2D eigenvalue weighted by Gasteiger charge is 2.13. The van der Waals surface area contributed by atoms with Gasteiger partial charge in [-0.05, 0) is 24.3 Å². The van der Waals surface area contributed by atoms with Gasteiger partial charge < -0.3 is 4.90 Å². The van der Waals surface area contributed by atoms with Gasteiger partial charge in [-0.15, -0.1) is 0 Å². The fraction of sp³-hybridized carbons (Fsp3) is 0.125. The zero-order valence-corrected chi connectivity index (χ0v) is 12.3. The molecule has 0 fully saturated rings. The monoisotopic (exact) mass is 302 g/mol. The zero-order chi connectivity index (χ0) is 15.4. The molecule has 0 atom stereocenters. The zero-order valence-electron chi connectivity index (χ0n) is 11.5. The molecule has 0 N–H and O–H groups in total. The van der Waals surface area contributed by atoms with E-state index in [1.54, 1.807) is 26.4 Å². The van der Waals surface area contributed by atoms with Crippen LogP contribution >= 0.6 is 11.6 Å². The molecule has 0 aliphatic carbocycles. The summed E-state index contributed by atoms with van der Waals surface area (Å²) in [6.07, 6.45) is 3.09. The quantitative estimate of drug-likeness (QED) is 0.759. The topological polar surface area (TPSA) is 33.2 Å². The summed E-state index contributed by atoms with van der Waals surface area (Å²) in [4.78, 5) is 17.1. The SMILES string of the molecule is CN(C)C(=O)c1cc(C#Cc2cncc(Cl)c2)ccc1F. The number of carbonyl (C=O) groups excluding carboxylic acids is 1. The second-order valence-corrected chi connectivity index (χ2v) is 4.97. The molecule has 106 valence electrons. The Morgan fingerprint density at radius 3 is 2.57 bits per heavy atom. The van der Waals surface area contributed by atoms with Crippen LogP contribution in [0.4, 0.5) is 4.39 Å². The number of rotatable bonds is 1. The van der Waals surface area contributed by atoms with Gasteiger partial charge in [-0.1, -0.05) is 23.4 Å². The summed E-state index contributed by atoms with van der Waals surface area (Å²) in [5.41, 5.74) is 1.19. The van der Waals surface area contributed by atoms with Crippen molar-refractivity contribution in [2.45, 2.75) is 0 Å². The first-order valence-corrected chi connectivity index (χ1v) is 6.49. The molecule has 5 heteroatoms. The largest absolute Gasteiger partial charge is 0.345 e. The molecular formula is C16H12ClFN2O. The molecule has 1 aromatic carbocycles. The van der Waals surface area contributed by atoms with Crippen molar-refractivity contribution in [3.05, 3.63) is 64.2 Å². The molecule has 0 spiro atoms. The Morgan fingerprint density at radius 1 is 1.19 bits per heavy atom. The molecule has 0 saturated heterocycles. The first-order valence-electron chi connectivity index (χ1n) is 6.11. The van der Waals surface area contributed by atoms with E-state index in [2.05, 4.69) is 16.8 Å². The van der Waals surface area contributed by atoms with Gasteiger partial charge >= 0.3 is 0 Å². The van der Waals surface area contributed by atoms with Crippen molar-refractivity contribution in [2.75, 3.05) is 14.1 Å². The van der Waals surface area contributed by atoms with E-state index >= 15 is 0 Å². The van der Waals surface area contributed by atoms with Crippen molar-refractivity contribution in [1.82, 2.24) is 9.88 Å². The Morgan fingerprint density at radius 2 is 1.90 bits per heavy atom. The lowest BCUT2D eigenvalue weighted by Gasteiger charge is -2.10. The summed E-state index contributed by atoms with van der Waals surface area (Å²) in [6, 6.07) is 5.86. The summed E-state index contributed by atoms with van der Waals surface area (Å²) >= 11 is 5.82. The standard InChI is InChI=1S/C16H12ClFN2O/c1-20(2)16(21)14-8-11(5-6-15(14)18)3-4-12-7-13(17)10-19-9-12/h5-10H,1-2H3. The molecule has 0 unspecified atom stereocenters. The average molecular weight is 303 g/mol. The number of hydrogen-bond donors (Lipinski definition) is 0. The van der Waals surface area contributed by atoms with Crippen LogP contribution < -0.4 is 0 Å². The molecule has 21 heavy (non-hydrogen) atoms. The van der Waals surface area contributed by atoms with Gasteiger partial charge in [0.15, 0.2) is 0 Å². The molecule has 0 bridgehead atoms. The minimum atomic E-state index is -0.566. The van der Waals surface area contributed by atoms with Crippen LogP contribution in [0, 0.1) is 17.7 Å². The van der Waals surface area contributed by atoms with Crippen LogP contribution in [-0.2, 0) is 0 Å². The molecule has 2 aromatic rings. The number of benzene rings is 1. The predicted octanol–water partition coefficient (Wildman–Crippen LogP) is 2.98. The number of aromatic nitrogens is 1. The van der Waals surface area contributed by atoms with E-state index in [1.807, 2.05) is 0 Å². The van der Waals surface area contributed by atoms with Crippen LogP contribution in [0.15, 0.2) is 36.7 Å². The fourth-order valence-electron chi connectivity index (χ4n) is 1.63. The maximum absolute atomic E-state index is 13.7. The second-order valence-electron chi connectivity index (χ2n) is 4.54. The molecule has 1 heterocycles. The van der Waals surface area contributed by atoms with Gasteiger partial charge in [0.2, 0.25) is 0 Å². The highest BCUT2D eigenvalue weighted by Crippen LogP contribution is 2.12. The number of nitrogens with zero attached hydrogens (tertiary/aromatic N) is 2. The van der Waals surface area contributed by atoms with Crippen LogP contribution in [0.1, 0.15) is 21.5 Å². The summed E-state index contributed by atoms with van der Waals surface area (Å²) in [5.74, 6) is 4.77. The van der Waals surface area contributed by atoms with Crippen LogP contribution in [-0.4, -0.2) is 29.9 Å². The number of hydrogen-bond acceptors (Lipinski definition) is 2. The van der Waals surface area contributed by atoms with Gasteiger partial charge in [0, 0.05) is 37.6 Å². The Kier molecular flexibility index (Phi) is 4.56. The average Bonchev–Trinajstić information content (AvgIpc) is 2.45. The minimum absolute atomic E-state index is 0.00369. The number of pyridine rings is 1. The highest BCUT2D eigenvalue weighted by molar-refractivity contribution is 6.30. The fourth-order valence-corrected chi connectivity index (χ4v) is 1.81. The molecule has 0 radical (unpaired) electrons. The van der Waals surface area contributed by atoms with Crippen molar-refractivity contribution >= 4 is 17.5 Å². The number of carbonyl (C=O) groups is 1. The molecule has 0 saturated carbocycles. The van der Waals surface area contributed by atoms with Gasteiger partial charge in [0.05, 0.1) is 10.6 Å². The van der Waals surface area contributed by atoms with Gasteiger partial charge in [-0.2, -0.15) is 0 Å². The maximum Gasteiger partial charge on any atom is 0.256 e. The second kappa shape index (κ2) is 6.38. The van der Waals surface area contributed by atoms with Crippen LogP contribution in [0.5, 0.6) is 0 Å². The summed E-state index contributed by atoms with van der Waals surface area (Å²) in [7, 11) is 3.13. The van der Waals surface area contributed by atoms with E-state index in [9.17, 15) is 9.18 Å². The van der Waals surface area contributed by atoms with Crippen molar-refractivity contribution in [3.63, 3.8) is 0 Å². The molecule has 2 rings (SSSR count). The lowest BCUT2D eigenvalue weighted by molar-refractivity contribution is 0.0823. The van der Waals surface area contributed by atoms with Crippen LogP contribution in [0.2, 0.25) is 5.02 Å². The highest BCUT2D eigenvalue weighted by atomic mass is 35.5. The van der Waals surface area contributed by atoms with E-state index in [0.29, 0.717) is 16.1 Å². The van der Waals surface area contributed by atoms with Crippen molar-refractivity contribution < 1.29 is 9.18 Å². The summed E-state index contributed by atoms with van der Waals surface area (Å²) in [5, 5.41) is 0.490. The van der Waals surface area contributed by atoms with Crippen molar-refractivity contribution in [1.29, 1.82) is 0 Å². The van der Waals surface area contributed by atoms with Crippen LogP contribution in [0.25, 0.3) is 0 Å². The molecule has 3 nitrogen and oxygen atoms in total. The van der Waals surface area contributed by atoms with E-state index < -0.39 is 11.7 Å². The number of halogens is 2. The maximum atomic E-state index is 13.7. The smallest absolute Gasteiger partial charge is 0.256 e. The predicted molar refractivity (Wildman–Crippen MR) is 79.6 cm³/mol. The van der Waals surface area contributed by atoms with E-state index in [-0.39, 0.29) is 5.56 Å². The normalized spacial score (nSPS) is 9.71. The van der Waals surface area contributed by atoms with E-state index in [0.717, 1.165) is 0 Å². The third-order valence-electron chi connectivity index (χ3n) is 2.66. The Balaban J connectivity index is 2.35. The molecule has 1 amide bonds. The third kappa shape index (κ3) is 3.80. The molecule has 0 aliphatic rings. The lowest BCUT2D eigenvalue weighted by atomic mass is 10.1. The Bertz CT molecular complexity index is 747. The summed E-state index contributed by atoms with van der Waals surface area (Å²) < 4.78 is 13.7. The third-order valence-corrected chi connectivity index (χ3v) is 2.87. The van der Waals surface area contributed by atoms with E-state index in [1.165, 1.54) is 29.3 Å². The van der Waals surface area contributed by atoms with Gasteiger partial charge in [-0.25, -0.2) is 4.39 Å². The van der Waals surface area contributed by atoms with E-state index in [4.69, 9.17) is 11.6 Å². The van der Waals surface area contributed by atoms with Gasteiger partial charge in [-0.3, -0.25) is 9.78 Å². The molecule has 1 aromatic heterocycles. The summed E-state index contributed by atoms with van der Waals surface area (Å²) in [6.45, 7) is 0. The van der Waals surface area contributed by atoms with Crippen molar-refractivity contribution in [2.24, 2.45) is 0 Å². The minimum Gasteiger partial charge on any atom is -0.345 e. The first-order chi connectivity index (χ1) is 9.97.